The van der Waals surface area contributed by atoms with Gasteiger partial charge in [0.2, 0.25) is 0 Å². The third kappa shape index (κ3) is 3.43. The number of hydrogen-bond donors (Lipinski definition) is 1. The number of rotatable bonds is 3. The van der Waals surface area contributed by atoms with Gasteiger partial charge in [0, 0.05) is 10.2 Å². The number of anilines is 1. The summed E-state index contributed by atoms with van der Waals surface area (Å²) >= 11 is 21.8. The molecule has 1 unspecified atom stereocenters. The van der Waals surface area contributed by atoms with Crippen molar-refractivity contribution in [2.75, 3.05) is 5.32 Å². The molecule has 0 bridgehead atoms. The lowest BCUT2D eigenvalue weighted by Gasteiger charge is -2.19. The minimum Gasteiger partial charge on any atom is -0.378 e. The molecule has 0 radical (unpaired) electrons. The van der Waals surface area contributed by atoms with E-state index in [4.69, 9.17) is 34.8 Å². The van der Waals surface area contributed by atoms with Crippen LogP contribution < -0.4 is 5.32 Å². The van der Waals surface area contributed by atoms with Gasteiger partial charge in [-0.05, 0) is 59.1 Å². The molecule has 5 heteroatoms. The second-order valence-corrected chi connectivity index (χ2v) is 6.63. The van der Waals surface area contributed by atoms with E-state index in [-0.39, 0.29) is 6.04 Å². The van der Waals surface area contributed by atoms with Crippen LogP contribution in [0.4, 0.5) is 5.69 Å². The van der Waals surface area contributed by atoms with Gasteiger partial charge in [0.05, 0.1) is 21.1 Å². The molecule has 1 nitrogen and oxygen atoms in total. The van der Waals surface area contributed by atoms with Crippen molar-refractivity contribution in [1.29, 1.82) is 0 Å². The summed E-state index contributed by atoms with van der Waals surface area (Å²) in [6, 6.07) is 9.79. The highest BCUT2D eigenvalue weighted by Gasteiger charge is 2.15. The van der Waals surface area contributed by atoms with E-state index < -0.39 is 0 Å². The third-order valence-electron chi connectivity index (χ3n) is 3.03. The first-order valence-electron chi connectivity index (χ1n) is 6.06. The molecule has 0 amide bonds. The summed E-state index contributed by atoms with van der Waals surface area (Å²) in [5, 5.41) is 4.76. The van der Waals surface area contributed by atoms with Gasteiger partial charge in [-0.15, -0.1) is 0 Å². The van der Waals surface area contributed by atoms with Gasteiger partial charge in [-0.25, -0.2) is 0 Å². The Morgan fingerprint density at radius 2 is 1.75 bits per heavy atom. The van der Waals surface area contributed by atoms with Crippen molar-refractivity contribution in [3.8, 4) is 0 Å². The van der Waals surface area contributed by atoms with Crippen LogP contribution in [0.2, 0.25) is 15.1 Å². The molecule has 2 rings (SSSR count). The van der Waals surface area contributed by atoms with Crippen molar-refractivity contribution in [3.05, 3.63) is 61.0 Å². The summed E-state index contributed by atoms with van der Waals surface area (Å²) < 4.78 is 1.01. The predicted molar refractivity (Wildman–Crippen MR) is 92.4 cm³/mol. The Bertz CT molecular complexity index is 643. The first kappa shape index (κ1) is 16.0. The van der Waals surface area contributed by atoms with E-state index in [1.54, 1.807) is 6.07 Å². The van der Waals surface area contributed by atoms with Crippen LogP contribution in [0.5, 0.6) is 0 Å². The molecule has 0 aromatic heterocycles. The van der Waals surface area contributed by atoms with Crippen LogP contribution in [-0.4, -0.2) is 0 Å². The van der Waals surface area contributed by atoms with Crippen LogP contribution in [0.3, 0.4) is 0 Å². The minimum atomic E-state index is 0.00960. The monoisotopic (exact) mass is 391 g/mol. The number of aryl methyl sites for hydroxylation is 1. The normalized spacial score (nSPS) is 12.3. The van der Waals surface area contributed by atoms with Gasteiger partial charge in [0.1, 0.15) is 0 Å². The van der Waals surface area contributed by atoms with Gasteiger partial charge in [0.15, 0.2) is 0 Å². The van der Waals surface area contributed by atoms with E-state index in [0.717, 1.165) is 15.7 Å². The van der Waals surface area contributed by atoms with Crippen LogP contribution in [-0.2, 0) is 0 Å². The zero-order valence-electron chi connectivity index (χ0n) is 11.0. The number of hydrogen-bond acceptors (Lipinski definition) is 1. The van der Waals surface area contributed by atoms with Crippen molar-refractivity contribution < 1.29 is 0 Å². The second kappa shape index (κ2) is 6.57. The van der Waals surface area contributed by atoms with Gasteiger partial charge in [-0.3, -0.25) is 0 Å². The Labute approximate surface area is 142 Å². The number of halogens is 4. The first-order chi connectivity index (χ1) is 9.40. The Morgan fingerprint density at radius 3 is 2.45 bits per heavy atom. The molecule has 0 saturated heterocycles. The molecule has 1 N–H and O–H groups in total. The lowest BCUT2D eigenvalue weighted by Crippen LogP contribution is -2.08. The summed E-state index contributed by atoms with van der Waals surface area (Å²) in [6.07, 6.45) is 0. The molecule has 106 valence electrons. The molecule has 0 aliphatic heterocycles. The average Bonchev–Trinajstić information content (AvgIpc) is 2.40. The van der Waals surface area contributed by atoms with Gasteiger partial charge in [-0.2, -0.15) is 0 Å². The Kier molecular flexibility index (Phi) is 5.25. The molecular weight excluding hydrogens is 380 g/mol. The largest absolute Gasteiger partial charge is 0.378 e. The van der Waals surface area contributed by atoms with Crippen molar-refractivity contribution >= 4 is 56.4 Å². The fourth-order valence-electron chi connectivity index (χ4n) is 1.94. The fourth-order valence-corrected chi connectivity index (χ4v) is 3.00. The van der Waals surface area contributed by atoms with Gasteiger partial charge in [-0.1, -0.05) is 46.9 Å². The summed E-state index contributed by atoms with van der Waals surface area (Å²) in [4.78, 5) is 0. The number of benzene rings is 2. The van der Waals surface area contributed by atoms with Crippen LogP contribution in [0.25, 0.3) is 0 Å². The SMILES string of the molecule is Cc1ccc(Br)c(NC(C)c2ccc(Cl)c(Cl)c2Cl)c1. The van der Waals surface area contributed by atoms with E-state index in [9.17, 15) is 0 Å². The van der Waals surface area contributed by atoms with Crippen LogP contribution in [0.1, 0.15) is 24.1 Å². The zero-order chi connectivity index (χ0) is 14.9. The van der Waals surface area contributed by atoms with Crippen molar-refractivity contribution in [1.82, 2.24) is 0 Å². The lowest BCUT2D eigenvalue weighted by molar-refractivity contribution is 0.883. The van der Waals surface area contributed by atoms with E-state index in [1.165, 1.54) is 5.56 Å². The van der Waals surface area contributed by atoms with Gasteiger partial charge < -0.3 is 5.32 Å². The minimum absolute atomic E-state index is 0.00960. The summed E-state index contributed by atoms with van der Waals surface area (Å²) in [5.74, 6) is 0. The topological polar surface area (TPSA) is 12.0 Å². The molecule has 20 heavy (non-hydrogen) atoms. The second-order valence-electron chi connectivity index (χ2n) is 4.61. The van der Waals surface area contributed by atoms with E-state index >= 15 is 0 Å². The number of nitrogens with one attached hydrogen (secondary N) is 1. The highest BCUT2D eigenvalue weighted by atomic mass is 79.9. The summed E-state index contributed by atoms with van der Waals surface area (Å²) in [5.41, 5.74) is 3.11. The smallest absolute Gasteiger partial charge is 0.0782 e. The van der Waals surface area contributed by atoms with Crippen LogP contribution in [0.15, 0.2) is 34.8 Å². The van der Waals surface area contributed by atoms with Crippen LogP contribution in [0, 0.1) is 6.92 Å². The fraction of sp³-hybridized carbons (Fsp3) is 0.200. The van der Waals surface area contributed by atoms with E-state index in [2.05, 4.69) is 34.2 Å². The standard InChI is InChI=1S/C15H13BrCl3N/c1-8-3-5-11(16)13(7-8)20-9(2)10-4-6-12(17)15(19)14(10)18/h3-7,9,20H,1-2H3. The van der Waals surface area contributed by atoms with E-state index in [1.807, 2.05) is 25.1 Å². The maximum atomic E-state index is 6.26. The van der Waals surface area contributed by atoms with Crippen molar-refractivity contribution in [2.24, 2.45) is 0 Å². The molecule has 1 atom stereocenters. The third-order valence-corrected chi connectivity index (χ3v) is 5.03. The van der Waals surface area contributed by atoms with Gasteiger partial charge in [0.25, 0.3) is 0 Å². The predicted octanol–water partition coefficient (Wildman–Crippen LogP) is 6.89. The molecule has 0 aliphatic rings. The molecule has 0 aliphatic carbocycles. The molecule has 2 aromatic rings. The molecule has 0 spiro atoms. The quantitative estimate of drug-likeness (QED) is 0.560. The Morgan fingerprint density at radius 1 is 1.05 bits per heavy atom. The highest BCUT2D eigenvalue weighted by molar-refractivity contribution is 9.10. The zero-order valence-corrected chi connectivity index (χ0v) is 14.8. The molecule has 0 saturated carbocycles. The molecule has 2 aromatic carbocycles. The lowest BCUT2D eigenvalue weighted by atomic mass is 10.1. The Balaban J connectivity index is 2.31. The maximum absolute atomic E-state index is 6.26. The van der Waals surface area contributed by atoms with E-state index in [0.29, 0.717) is 15.1 Å². The first-order valence-corrected chi connectivity index (χ1v) is 7.99. The average molecular weight is 394 g/mol. The van der Waals surface area contributed by atoms with Crippen molar-refractivity contribution in [3.63, 3.8) is 0 Å². The summed E-state index contributed by atoms with van der Waals surface area (Å²) in [7, 11) is 0. The highest BCUT2D eigenvalue weighted by Crippen LogP contribution is 2.37. The molecule has 0 heterocycles. The van der Waals surface area contributed by atoms with Gasteiger partial charge >= 0.3 is 0 Å². The van der Waals surface area contributed by atoms with Crippen molar-refractivity contribution in [2.45, 2.75) is 19.9 Å². The maximum Gasteiger partial charge on any atom is 0.0782 e. The van der Waals surface area contributed by atoms with Crippen LogP contribution >= 0.6 is 50.7 Å². The molecular formula is C15H13BrCl3N. The molecule has 0 fully saturated rings. The Hall–Kier alpha value is -0.410. The summed E-state index contributed by atoms with van der Waals surface area (Å²) in [6.45, 7) is 4.08.